The summed E-state index contributed by atoms with van der Waals surface area (Å²) in [7, 11) is -1.19. The van der Waals surface area contributed by atoms with Gasteiger partial charge in [-0.15, -0.1) is 6.58 Å². The average Bonchev–Trinajstić information content (AvgIpc) is 2.18. The highest BCUT2D eigenvalue weighted by Gasteiger charge is 2.23. The molecule has 4 nitrogen and oxygen atoms in total. The molecular formula is C10H20N2O2S. The van der Waals surface area contributed by atoms with Crippen molar-refractivity contribution in [2.24, 2.45) is 0 Å². The Balaban J connectivity index is 2.38. The Hall–Kier alpha value is -0.390. The van der Waals surface area contributed by atoms with E-state index in [2.05, 4.69) is 16.6 Å². The standard InChI is InChI=1S/C10H20N2O2S/c1-3-8-15(13,14)12-10-6-4-9(11-2)5-7-10/h3,9-12H,1,4-8H2,2H3. The van der Waals surface area contributed by atoms with Crippen molar-refractivity contribution >= 4 is 10.0 Å². The molecule has 0 atom stereocenters. The van der Waals surface area contributed by atoms with Crippen LogP contribution in [0.2, 0.25) is 0 Å². The lowest BCUT2D eigenvalue weighted by molar-refractivity contribution is 0.343. The summed E-state index contributed by atoms with van der Waals surface area (Å²) >= 11 is 0. The third-order valence-corrected chi connectivity index (χ3v) is 4.19. The van der Waals surface area contributed by atoms with E-state index >= 15 is 0 Å². The predicted octanol–water partition coefficient (Wildman–Crippen LogP) is 0.622. The summed E-state index contributed by atoms with van der Waals surface area (Å²) in [5, 5.41) is 3.22. The molecule has 0 aromatic rings. The van der Waals surface area contributed by atoms with Gasteiger partial charge in [0.1, 0.15) is 0 Å². The van der Waals surface area contributed by atoms with E-state index in [0.717, 1.165) is 25.7 Å². The van der Waals surface area contributed by atoms with E-state index < -0.39 is 10.0 Å². The SMILES string of the molecule is C=CCS(=O)(=O)NC1CCC(NC)CC1. The molecule has 0 aliphatic heterocycles. The summed E-state index contributed by atoms with van der Waals surface area (Å²) in [5.74, 6) is 0.0129. The highest BCUT2D eigenvalue weighted by molar-refractivity contribution is 7.89. The molecule has 0 bridgehead atoms. The Morgan fingerprint density at radius 1 is 1.27 bits per heavy atom. The maximum Gasteiger partial charge on any atom is 0.215 e. The average molecular weight is 232 g/mol. The molecule has 1 rings (SSSR count). The highest BCUT2D eigenvalue weighted by atomic mass is 32.2. The zero-order valence-corrected chi connectivity index (χ0v) is 10.0. The molecule has 15 heavy (non-hydrogen) atoms. The van der Waals surface area contributed by atoms with Crippen LogP contribution in [0.4, 0.5) is 0 Å². The van der Waals surface area contributed by atoms with Gasteiger partial charge in [0.15, 0.2) is 0 Å². The number of sulfonamides is 1. The molecule has 0 radical (unpaired) electrons. The topological polar surface area (TPSA) is 58.2 Å². The molecule has 0 aromatic carbocycles. The quantitative estimate of drug-likeness (QED) is 0.683. The van der Waals surface area contributed by atoms with Crippen LogP contribution in [0, 0.1) is 0 Å². The molecule has 1 aliphatic rings. The minimum Gasteiger partial charge on any atom is -0.317 e. The molecule has 0 heterocycles. The fraction of sp³-hybridized carbons (Fsp3) is 0.800. The van der Waals surface area contributed by atoms with Gasteiger partial charge in [0.05, 0.1) is 5.75 Å². The molecule has 88 valence electrons. The van der Waals surface area contributed by atoms with Crippen molar-refractivity contribution in [1.82, 2.24) is 10.0 Å². The molecule has 0 aromatic heterocycles. The zero-order valence-electron chi connectivity index (χ0n) is 9.20. The van der Waals surface area contributed by atoms with E-state index in [9.17, 15) is 8.42 Å². The minimum atomic E-state index is -3.14. The molecule has 2 N–H and O–H groups in total. The van der Waals surface area contributed by atoms with Crippen molar-refractivity contribution < 1.29 is 8.42 Å². The van der Waals surface area contributed by atoms with Crippen LogP contribution in [0.25, 0.3) is 0 Å². The van der Waals surface area contributed by atoms with Crippen molar-refractivity contribution in [2.75, 3.05) is 12.8 Å². The van der Waals surface area contributed by atoms with Crippen molar-refractivity contribution in [3.05, 3.63) is 12.7 Å². The van der Waals surface area contributed by atoms with Gasteiger partial charge >= 0.3 is 0 Å². The second-order valence-corrected chi connectivity index (χ2v) is 5.82. The van der Waals surface area contributed by atoms with Crippen molar-refractivity contribution in [3.63, 3.8) is 0 Å². The molecule has 0 amide bonds. The summed E-state index contributed by atoms with van der Waals surface area (Å²) in [5.41, 5.74) is 0. The van der Waals surface area contributed by atoms with Crippen LogP contribution in [-0.2, 0) is 10.0 Å². The van der Waals surface area contributed by atoms with Crippen molar-refractivity contribution in [1.29, 1.82) is 0 Å². The zero-order chi connectivity index (χ0) is 11.3. The summed E-state index contributed by atoms with van der Waals surface area (Å²) < 4.78 is 25.6. The molecule has 0 unspecified atom stereocenters. The van der Waals surface area contributed by atoms with Crippen LogP contribution in [0.5, 0.6) is 0 Å². The highest BCUT2D eigenvalue weighted by Crippen LogP contribution is 2.18. The lowest BCUT2D eigenvalue weighted by Crippen LogP contribution is -2.41. The van der Waals surface area contributed by atoms with Gasteiger partial charge in [0.2, 0.25) is 10.0 Å². The van der Waals surface area contributed by atoms with Gasteiger partial charge in [0, 0.05) is 12.1 Å². The Bertz CT molecular complexity index is 293. The third kappa shape index (κ3) is 4.32. The van der Waals surface area contributed by atoms with Gasteiger partial charge in [-0.25, -0.2) is 13.1 Å². The van der Waals surface area contributed by atoms with Crippen molar-refractivity contribution in [2.45, 2.75) is 37.8 Å². The Kier molecular flexibility index (Phi) is 4.76. The maximum absolute atomic E-state index is 11.5. The minimum absolute atomic E-state index is 0.0129. The summed E-state index contributed by atoms with van der Waals surface area (Å²) in [6.07, 6.45) is 5.33. The van der Waals surface area contributed by atoms with Gasteiger partial charge in [-0.1, -0.05) is 6.08 Å². The van der Waals surface area contributed by atoms with Crippen LogP contribution in [0.3, 0.4) is 0 Å². The fourth-order valence-electron chi connectivity index (χ4n) is 1.96. The van der Waals surface area contributed by atoms with Crippen LogP contribution >= 0.6 is 0 Å². The largest absolute Gasteiger partial charge is 0.317 e. The van der Waals surface area contributed by atoms with Crippen molar-refractivity contribution in [3.8, 4) is 0 Å². The summed E-state index contributed by atoms with van der Waals surface area (Å²) in [6.45, 7) is 3.44. The van der Waals surface area contributed by atoms with Gasteiger partial charge in [-0.05, 0) is 32.7 Å². The Labute approximate surface area is 92.2 Å². The van der Waals surface area contributed by atoms with E-state index in [4.69, 9.17) is 0 Å². The first-order valence-corrected chi connectivity index (χ1v) is 7.01. The third-order valence-electron chi connectivity index (χ3n) is 2.82. The monoisotopic (exact) mass is 232 g/mol. The second kappa shape index (κ2) is 5.63. The van der Waals surface area contributed by atoms with Gasteiger partial charge in [0.25, 0.3) is 0 Å². The normalized spacial score (nSPS) is 27.5. The Morgan fingerprint density at radius 3 is 2.27 bits per heavy atom. The number of rotatable bonds is 5. The predicted molar refractivity (Wildman–Crippen MR) is 62.2 cm³/mol. The first-order chi connectivity index (χ1) is 7.07. The number of hydrogen-bond acceptors (Lipinski definition) is 3. The molecule has 1 aliphatic carbocycles. The fourth-order valence-corrected chi connectivity index (χ4v) is 3.11. The summed E-state index contributed by atoms with van der Waals surface area (Å²) in [4.78, 5) is 0. The lowest BCUT2D eigenvalue weighted by atomic mass is 9.92. The van der Waals surface area contributed by atoms with Gasteiger partial charge in [-0.3, -0.25) is 0 Å². The van der Waals surface area contributed by atoms with E-state index in [-0.39, 0.29) is 11.8 Å². The number of hydrogen-bond donors (Lipinski definition) is 2. The molecule has 1 fully saturated rings. The first kappa shape index (κ1) is 12.7. The van der Waals surface area contributed by atoms with Gasteiger partial charge < -0.3 is 5.32 Å². The molecule has 0 saturated heterocycles. The maximum atomic E-state index is 11.5. The van der Waals surface area contributed by atoms with E-state index in [0.29, 0.717) is 6.04 Å². The van der Waals surface area contributed by atoms with Crippen LogP contribution in [-0.4, -0.2) is 33.3 Å². The molecule has 5 heteroatoms. The van der Waals surface area contributed by atoms with Crippen LogP contribution < -0.4 is 10.0 Å². The van der Waals surface area contributed by atoms with Crippen LogP contribution in [0.15, 0.2) is 12.7 Å². The van der Waals surface area contributed by atoms with E-state index in [1.54, 1.807) is 0 Å². The van der Waals surface area contributed by atoms with Crippen LogP contribution in [0.1, 0.15) is 25.7 Å². The first-order valence-electron chi connectivity index (χ1n) is 5.35. The molecular weight excluding hydrogens is 212 g/mol. The Morgan fingerprint density at radius 2 is 1.80 bits per heavy atom. The molecule has 1 saturated carbocycles. The van der Waals surface area contributed by atoms with E-state index in [1.807, 2.05) is 7.05 Å². The summed E-state index contributed by atoms with van der Waals surface area (Å²) in [6, 6.07) is 0.657. The smallest absolute Gasteiger partial charge is 0.215 e. The second-order valence-electron chi connectivity index (χ2n) is 4.03. The van der Waals surface area contributed by atoms with Gasteiger partial charge in [-0.2, -0.15) is 0 Å². The lowest BCUT2D eigenvalue weighted by Gasteiger charge is -2.28. The number of nitrogens with one attached hydrogen (secondary N) is 2. The van der Waals surface area contributed by atoms with E-state index in [1.165, 1.54) is 6.08 Å². The molecule has 0 spiro atoms.